The summed E-state index contributed by atoms with van der Waals surface area (Å²) >= 11 is 1.59. The van der Waals surface area contributed by atoms with Crippen molar-refractivity contribution in [2.45, 2.75) is 51.0 Å². The molecule has 34 heavy (non-hydrogen) atoms. The molecule has 1 aliphatic carbocycles. The molecule has 178 valence electrons. The lowest BCUT2D eigenvalue weighted by molar-refractivity contribution is -0.128. The molecule has 6 nitrogen and oxygen atoms in total. The second kappa shape index (κ2) is 10.8. The van der Waals surface area contributed by atoms with Crippen molar-refractivity contribution < 1.29 is 9.59 Å². The molecule has 1 fully saturated rings. The maximum atomic E-state index is 13.8. The molecule has 4 rings (SSSR count). The summed E-state index contributed by atoms with van der Waals surface area (Å²) in [5, 5.41) is 17.0. The van der Waals surface area contributed by atoms with Gasteiger partial charge < -0.3 is 16.4 Å². The zero-order valence-corrected chi connectivity index (χ0v) is 20.3. The molecule has 0 bridgehead atoms. The average Bonchev–Trinajstić information content (AvgIpc) is 3.26. The number of fused-ring (bicyclic) bond motifs is 1. The van der Waals surface area contributed by atoms with Gasteiger partial charge in [-0.3, -0.25) is 15.0 Å². The van der Waals surface area contributed by atoms with E-state index in [4.69, 9.17) is 11.1 Å². The fourth-order valence-electron chi connectivity index (χ4n) is 4.89. The number of hydrogen-bond acceptors (Lipinski definition) is 4. The van der Waals surface area contributed by atoms with Gasteiger partial charge in [-0.15, -0.1) is 11.3 Å². The minimum Gasteiger partial charge on any atom is -0.384 e. The number of nitrogens with one attached hydrogen (secondary N) is 3. The van der Waals surface area contributed by atoms with E-state index in [1.54, 1.807) is 11.3 Å². The van der Waals surface area contributed by atoms with Gasteiger partial charge in [-0.05, 0) is 66.3 Å². The van der Waals surface area contributed by atoms with E-state index in [1.807, 2.05) is 60.8 Å². The molecular formula is C27H32N4O2S. The number of rotatable bonds is 8. The molecule has 1 aliphatic rings. The topological polar surface area (TPSA) is 108 Å². The Balaban J connectivity index is 1.67. The van der Waals surface area contributed by atoms with E-state index in [0.717, 1.165) is 46.9 Å². The molecule has 1 heterocycles. The standard InChI is InChI=1S/C27H32N4O2S/c1-2-30-26(32)19-10-6-7-11-23(19)31-27(33)21(14-17-8-4-3-5-9-17)22-16-34-24-13-12-18(25(28)29)15-20(22)24/h3-5,8-9,12-13,15-16,19,21,23H,2,6-7,10-11,14H2,1H3,(H3,28,29)(H,30,32)(H,31,33)/t19-,21?,23?/m1/s1. The lowest BCUT2D eigenvalue weighted by Crippen LogP contribution is -2.49. The summed E-state index contributed by atoms with van der Waals surface area (Å²) in [5.74, 6) is -0.624. The second-order valence-corrected chi connectivity index (χ2v) is 9.87. The fraction of sp³-hybridized carbons (Fsp3) is 0.370. The van der Waals surface area contributed by atoms with Gasteiger partial charge in [0.2, 0.25) is 11.8 Å². The molecule has 1 saturated carbocycles. The van der Waals surface area contributed by atoms with Crippen molar-refractivity contribution in [2.24, 2.45) is 11.7 Å². The van der Waals surface area contributed by atoms with Crippen LogP contribution in [0.2, 0.25) is 0 Å². The van der Waals surface area contributed by atoms with Gasteiger partial charge in [0, 0.05) is 22.8 Å². The van der Waals surface area contributed by atoms with Gasteiger partial charge in [-0.25, -0.2) is 0 Å². The van der Waals surface area contributed by atoms with E-state index in [2.05, 4.69) is 10.6 Å². The first-order valence-corrected chi connectivity index (χ1v) is 12.8. The van der Waals surface area contributed by atoms with Gasteiger partial charge in [0.25, 0.3) is 0 Å². The molecule has 2 unspecified atom stereocenters. The Morgan fingerprint density at radius 3 is 2.65 bits per heavy atom. The summed E-state index contributed by atoms with van der Waals surface area (Å²) in [6, 6.07) is 15.6. The highest BCUT2D eigenvalue weighted by Gasteiger charge is 2.34. The minimum absolute atomic E-state index is 0.00935. The molecule has 7 heteroatoms. The first-order chi connectivity index (χ1) is 16.5. The summed E-state index contributed by atoms with van der Waals surface area (Å²) in [7, 11) is 0. The quantitative estimate of drug-likeness (QED) is 0.287. The van der Waals surface area contributed by atoms with Gasteiger partial charge in [-0.1, -0.05) is 43.2 Å². The van der Waals surface area contributed by atoms with Crippen LogP contribution < -0.4 is 16.4 Å². The number of benzene rings is 2. The van der Waals surface area contributed by atoms with E-state index < -0.39 is 5.92 Å². The van der Waals surface area contributed by atoms with Crippen molar-refractivity contribution in [3.05, 3.63) is 70.6 Å². The predicted molar refractivity (Wildman–Crippen MR) is 138 cm³/mol. The molecule has 0 radical (unpaired) electrons. The van der Waals surface area contributed by atoms with Crippen LogP contribution in [0, 0.1) is 11.3 Å². The molecule has 5 N–H and O–H groups in total. The first kappa shape index (κ1) is 24.0. The number of carbonyl (C=O) groups is 2. The van der Waals surface area contributed by atoms with Crippen LogP contribution in [0.15, 0.2) is 53.9 Å². The van der Waals surface area contributed by atoms with E-state index in [1.165, 1.54) is 0 Å². The highest BCUT2D eigenvalue weighted by molar-refractivity contribution is 7.17. The fourth-order valence-corrected chi connectivity index (χ4v) is 5.88. The molecule has 1 aromatic heterocycles. The molecule has 0 saturated heterocycles. The Morgan fingerprint density at radius 2 is 1.91 bits per heavy atom. The van der Waals surface area contributed by atoms with Crippen molar-refractivity contribution in [2.75, 3.05) is 6.54 Å². The Hall–Kier alpha value is -3.19. The third-order valence-corrected chi connectivity index (χ3v) is 7.65. The molecule has 3 aromatic rings. The summed E-state index contributed by atoms with van der Waals surface area (Å²) in [6.07, 6.45) is 4.17. The number of nitrogen functional groups attached to an aromatic ring is 1. The lowest BCUT2D eigenvalue weighted by Gasteiger charge is -2.32. The number of thiophene rings is 1. The summed E-state index contributed by atoms with van der Waals surface area (Å²) in [6.45, 7) is 2.51. The normalized spacial score (nSPS) is 18.9. The van der Waals surface area contributed by atoms with Gasteiger partial charge in [0.05, 0.1) is 11.8 Å². The van der Waals surface area contributed by atoms with Crippen molar-refractivity contribution in [1.29, 1.82) is 5.41 Å². The average molecular weight is 477 g/mol. The molecule has 2 aromatic carbocycles. The zero-order valence-electron chi connectivity index (χ0n) is 19.5. The van der Waals surface area contributed by atoms with Gasteiger partial charge in [-0.2, -0.15) is 0 Å². The number of nitrogens with two attached hydrogens (primary N) is 1. The van der Waals surface area contributed by atoms with Crippen molar-refractivity contribution in [3.8, 4) is 0 Å². The maximum Gasteiger partial charge on any atom is 0.228 e. The SMILES string of the molecule is CCNC(=O)[C@@H]1CCCCC1NC(=O)C(Cc1ccccc1)c1csc2ccc(C(=N)N)cc12. The largest absolute Gasteiger partial charge is 0.384 e. The number of amidine groups is 1. The predicted octanol–water partition coefficient (Wildman–Crippen LogP) is 4.32. The maximum absolute atomic E-state index is 13.8. The number of carbonyl (C=O) groups excluding carboxylic acids is 2. The van der Waals surface area contributed by atoms with Crippen LogP contribution in [-0.4, -0.2) is 30.2 Å². The molecular weight excluding hydrogens is 444 g/mol. The second-order valence-electron chi connectivity index (χ2n) is 8.96. The Bertz CT molecular complexity index is 1170. The third-order valence-electron chi connectivity index (χ3n) is 6.67. The third kappa shape index (κ3) is 5.30. The summed E-state index contributed by atoms with van der Waals surface area (Å²) in [5.41, 5.74) is 8.41. The molecule has 2 amide bonds. The van der Waals surface area contributed by atoms with E-state index in [0.29, 0.717) is 18.5 Å². The van der Waals surface area contributed by atoms with E-state index >= 15 is 0 Å². The van der Waals surface area contributed by atoms with E-state index in [-0.39, 0.29) is 29.6 Å². The van der Waals surface area contributed by atoms with Gasteiger partial charge >= 0.3 is 0 Å². The van der Waals surface area contributed by atoms with Crippen molar-refractivity contribution in [1.82, 2.24) is 10.6 Å². The number of amides is 2. The highest BCUT2D eigenvalue weighted by Crippen LogP contribution is 2.35. The molecule has 0 spiro atoms. The summed E-state index contributed by atoms with van der Waals surface area (Å²) in [4.78, 5) is 26.5. The van der Waals surface area contributed by atoms with Gasteiger partial charge in [0.15, 0.2) is 0 Å². The van der Waals surface area contributed by atoms with Crippen LogP contribution in [0.25, 0.3) is 10.1 Å². The Labute approximate surface area is 204 Å². The molecule has 3 atom stereocenters. The monoisotopic (exact) mass is 476 g/mol. The lowest BCUT2D eigenvalue weighted by atomic mass is 9.82. The highest BCUT2D eigenvalue weighted by atomic mass is 32.1. The van der Waals surface area contributed by atoms with E-state index in [9.17, 15) is 9.59 Å². The summed E-state index contributed by atoms with van der Waals surface area (Å²) < 4.78 is 1.06. The van der Waals surface area contributed by atoms with Gasteiger partial charge in [0.1, 0.15) is 5.84 Å². The molecule has 0 aliphatic heterocycles. The first-order valence-electron chi connectivity index (χ1n) is 12.0. The smallest absolute Gasteiger partial charge is 0.228 e. The minimum atomic E-state index is -0.407. The van der Waals surface area contributed by atoms with Crippen LogP contribution in [0.1, 0.15) is 55.2 Å². The van der Waals surface area contributed by atoms with Crippen LogP contribution >= 0.6 is 11.3 Å². The zero-order chi connectivity index (χ0) is 24.1. The van der Waals surface area contributed by atoms with Crippen molar-refractivity contribution in [3.63, 3.8) is 0 Å². The van der Waals surface area contributed by atoms with Crippen LogP contribution in [-0.2, 0) is 16.0 Å². The van der Waals surface area contributed by atoms with Crippen LogP contribution in [0.3, 0.4) is 0 Å². The van der Waals surface area contributed by atoms with Crippen LogP contribution in [0.5, 0.6) is 0 Å². The number of hydrogen-bond donors (Lipinski definition) is 4. The Kier molecular flexibility index (Phi) is 7.63. The van der Waals surface area contributed by atoms with Crippen molar-refractivity contribution >= 4 is 39.1 Å². The van der Waals surface area contributed by atoms with Crippen LogP contribution in [0.4, 0.5) is 0 Å². The Morgan fingerprint density at radius 1 is 1.15 bits per heavy atom.